The highest BCUT2D eigenvalue weighted by molar-refractivity contribution is 7.08. The van der Waals surface area contributed by atoms with Gasteiger partial charge in [0.2, 0.25) is 0 Å². The fourth-order valence-electron chi connectivity index (χ4n) is 1.90. The lowest BCUT2D eigenvalue weighted by atomic mass is 10.1. The van der Waals surface area contributed by atoms with Crippen molar-refractivity contribution in [1.29, 1.82) is 0 Å². The first-order chi connectivity index (χ1) is 8.84. The summed E-state index contributed by atoms with van der Waals surface area (Å²) in [5, 5.41) is 4.18. The summed E-state index contributed by atoms with van der Waals surface area (Å²) in [6, 6.07) is 6.55. The molecule has 0 aliphatic rings. The van der Waals surface area contributed by atoms with Crippen LogP contribution in [0.3, 0.4) is 0 Å². The van der Waals surface area contributed by atoms with E-state index < -0.39 is 0 Å². The minimum Gasteiger partial charge on any atom is -0.330 e. The van der Waals surface area contributed by atoms with Gasteiger partial charge in [-0.25, -0.2) is 4.98 Å². The normalized spacial score (nSPS) is 12.5. The van der Waals surface area contributed by atoms with Gasteiger partial charge in [-0.15, -0.1) is 0 Å². The number of hydrogen-bond donors (Lipinski definition) is 0. The second kappa shape index (κ2) is 4.74. The Hall–Kier alpha value is -1.94. The van der Waals surface area contributed by atoms with Crippen LogP contribution in [-0.4, -0.2) is 14.5 Å². The Bertz CT molecular complexity index is 597. The van der Waals surface area contributed by atoms with Gasteiger partial charge in [-0.1, -0.05) is 6.07 Å². The highest BCUT2D eigenvalue weighted by Gasteiger charge is 2.08. The first-order valence-corrected chi connectivity index (χ1v) is 6.75. The van der Waals surface area contributed by atoms with E-state index in [-0.39, 0.29) is 6.04 Å². The van der Waals surface area contributed by atoms with Crippen LogP contribution < -0.4 is 0 Å². The Morgan fingerprint density at radius 2 is 2.22 bits per heavy atom. The van der Waals surface area contributed by atoms with Crippen LogP contribution in [0.4, 0.5) is 0 Å². The van der Waals surface area contributed by atoms with Crippen LogP contribution in [0, 0.1) is 0 Å². The molecule has 3 rings (SSSR count). The van der Waals surface area contributed by atoms with Crippen molar-refractivity contribution in [1.82, 2.24) is 14.5 Å². The lowest BCUT2D eigenvalue weighted by Crippen LogP contribution is -2.04. The van der Waals surface area contributed by atoms with Crippen LogP contribution >= 0.6 is 11.3 Å². The first-order valence-electron chi connectivity index (χ1n) is 5.80. The molecule has 18 heavy (non-hydrogen) atoms. The summed E-state index contributed by atoms with van der Waals surface area (Å²) in [5.74, 6) is 0. The number of aromatic nitrogens is 3. The van der Waals surface area contributed by atoms with Crippen molar-refractivity contribution in [3.8, 4) is 11.3 Å². The van der Waals surface area contributed by atoms with E-state index >= 15 is 0 Å². The summed E-state index contributed by atoms with van der Waals surface area (Å²) in [4.78, 5) is 8.60. The maximum Gasteiger partial charge on any atom is 0.0951 e. The Morgan fingerprint density at radius 1 is 1.28 bits per heavy atom. The molecule has 0 aliphatic carbocycles. The van der Waals surface area contributed by atoms with Crippen LogP contribution in [0.5, 0.6) is 0 Å². The van der Waals surface area contributed by atoms with E-state index in [2.05, 4.69) is 50.4 Å². The van der Waals surface area contributed by atoms with Crippen LogP contribution in [0.15, 0.2) is 53.9 Å². The average Bonchev–Trinajstić information content (AvgIpc) is 3.11. The molecule has 3 aromatic heterocycles. The molecule has 0 bridgehead atoms. The molecule has 0 amide bonds. The number of imidazole rings is 1. The summed E-state index contributed by atoms with van der Waals surface area (Å²) in [6.45, 7) is 2.14. The SMILES string of the molecule is CC(c1ccc(-c2ccsc2)nc1)n1ccnc1. The molecule has 90 valence electrons. The largest absolute Gasteiger partial charge is 0.330 e. The highest BCUT2D eigenvalue weighted by Crippen LogP contribution is 2.22. The van der Waals surface area contributed by atoms with Gasteiger partial charge < -0.3 is 4.57 Å². The molecule has 0 aliphatic heterocycles. The fourth-order valence-corrected chi connectivity index (χ4v) is 2.55. The van der Waals surface area contributed by atoms with E-state index in [1.54, 1.807) is 17.5 Å². The molecular formula is C14H13N3S. The molecule has 0 saturated heterocycles. The van der Waals surface area contributed by atoms with Gasteiger partial charge in [-0.05, 0) is 30.0 Å². The lowest BCUT2D eigenvalue weighted by molar-refractivity contribution is 0.636. The second-order valence-electron chi connectivity index (χ2n) is 4.17. The van der Waals surface area contributed by atoms with Crippen molar-refractivity contribution in [2.24, 2.45) is 0 Å². The van der Waals surface area contributed by atoms with Gasteiger partial charge in [-0.2, -0.15) is 11.3 Å². The number of thiophene rings is 1. The van der Waals surface area contributed by atoms with Gasteiger partial charge in [0, 0.05) is 29.5 Å². The molecule has 3 heterocycles. The van der Waals surface area contributed by atoms with Crippen LogP contribution in [0.1, 0.15) is 18.5 Å². The topological polar surface area (TPSA) is 30.7 Å². The van der Waals surface area contributed by atoms with Crippen molar-refractivity contribution in [2.75, 3.05) is 0 Å². The number of rotatable bonds is 3. The van der Waals surface area contributed by atoms with E-state index in [0.717, 1.165) is 5.69 Å². The van der Waals surface area contributed by atoms with Crippen molar-refractivity contribution in [3.05, 3.63) is 59.4 Å². The van der Waals surface area contributed by atoms with E-state index in [9.17, 15) is 0 Å². The first kappa shape index (κ1) is 11.2. The molecule has 3 nitrogen and oxygen atoms in total. The number of nitrogens with zero attached hydrogens (tertiary/aromatic N) is 3. The number of hydrogen-bond acceptors (Lipinski definition) is 3. The van der Waals surface area contributed by atoms with Gasteiger partial charge in [0.05, 0.1) is 18.1 Å². The monoisotopic (exact) mass is 255 g/mol. The summed E-state index contributed by atoms with van der Waals surface area (Å²) in [6.07, 6.45) is 7.54. The van der Waals surface area contributed by atoms with E-state index in [1.807, 2.05) is 18.7 Å². The van der Waals surface area contributed by atoms with Gasteiger partial charge in [0.1, 0.15) is 0 Å². The molecule has 1 unspecified atom stereocenters. The van der Waals surface area contributed by atoms with Gasteiger partial charge in [0.15, 0.2) is 0 Å². The van der Waals surface area contributed by atoms with Crippen LogP contribution in [0.25, 0.3) is 11.3 Å². The van der Waals surface area contributed by atoms with Crippen molar-refractivity contribution >= 4 is 11.3 Å². The molecule has 0 radical (unpaired) electrons. The van der Waals surface area contributed by atoms with Crippen molar-refractivity contribution in [3.63, 3.8) is 0 Å². The third-order valence-corrected chi connectivity index (χ3v) is 3.74. The van der Waals surface area contributed by atoms with Gasteiger partial charge in [0.25, 0.3) is 0 Å². The van der Waals surface area contributed by atoms with Crippen molar-refractivity contribution < 1.29 is 0 Å². The fraction of sp³-hybridized carbons (Fsp3) is 0.143. The smallest absolute Gasteiger partial charge is 0.0951 e. The summed E-state index contributed by atoms with van der Waals surface area (Å²) in [7, 11) is 0. The van der Waals surface area contributed by atoms with E-state index in [4.69, 9.17) is 0 Å². The van der Waals surface area contributed by atoms with E-state index in [1.165, 1.54) is 11.1 Å². The Balaban J connectivity index is 1.87. The zero-order valence-corrected chi connectivity index (χ0v) is 10.8. The van der Waals surface area contributed by atoms with Crippen molar-refractivity contribution in [2.45, 2.75) is 13.0 Å². The zero-order valence-electron chi connectivity index (χ0n) is 10.0. The zero-order chi connectivity index (χ0) is 12.4. The third-order valence-electron chi connectivity index (χ3n) is 3.06. The minimum absolute atomic E-state index is 0.261. The molecule has 0 spiro atoms. The van der Waals surface area contributed by atoms with Gasteiger partial charge >= 0.3 is 0 Å². The second-order valence-corrected chi connectivity index (χ2v) is 4.95. The molecule has 0 saturated carbocycles. The van der Waals surface area contributed by atoms with Gasteiger partial charge in [-0.3, -0.25) is 4.98 Å². The predicted octanol–water partition coefficient (Wildman–Crippen LogP) is 3.62. The molecule has 0 aromatic carbocycles. The van der Waals surface area contributed by atoms with E-state index in [0.29, 0.717) is 0 Å². The minimum atomic E-state index is 0.261. The summed E-state index contributed by atoms with van der Waals surface area (Å²) >= 11 is 1.69. The third kappa shape index (κ3) is 2.07. The Morgan fingerprint density at radius 3 is 2.83 bits per heavy atom. The summed E-state index contributed by atoms with van der Waals surface area (Å²) in [5.41, 5.74) is 3.40. The summed E-state index contributed by atoms with van der Waals surface area (Å²) < 4.78 is 2.07. The predicted molar refractivity (Wildman–Crippen MR) is 73.6 cm³/mol. The molecule has 0 N–H and O–H groups in total. The van der Waals surface area contributed by atoms with Crippen LogP contribution in [-0.2, 0) is 0 Å². The molecule has 0 fully saturated rings. The molecule has 4 heteroatoms. The highest BCUT2D eigenvalue weighted by atomic mass is 32.1. The molecular weight excluding hydrogens is 242 g/mol. The average molecular weight is 255 g/mol. The van der Waals surface area contributed by atoms with Crippen LogP contribution in [0.2, 0.25) is 0 Å². The lowest BCUT2D eigenvalue weighted by Gasteiger charge is -2.13. The quantitative estimate of drug-likeness (QED) is 0.715. The standard InChI is InChI=1S/C14H13N3S/c1-11(17-6-5-15-10-17)12-2-3-14(16-8-12)13-4-7-18-9-13/h2-11H,1H3. The Kier molecular flexibility index (Phi) is 2.94. The molecule has 3 aromatic rings. The number of pyridine rings is 1. The maximum atomic E-state index is 4.53. The Labute approximate surface area is 110 Å². The maximum absolute atomic E-state index is 4.53. The molecule has 1 atom stereocenters.